The van der Waals surface area contributed by atoms with Gasteiger partial charge in [0, 0.05) is 27.8 Å². The van der Waals surface area contributed by atoms with Crippen molar-refractivity contribution in [2.45, 2.75) is 31.8 Å². The number of carbonyl (C=O) groups is 1. The topological polar surface area (TPSA) is 42.0 Å². The van der Waals surface area contributed by atoms with Crippen LogP contribution in [0, 0.1) is 13.8 Å². The average Bonchev–Trinajstić information content (AvgIpc) is 3.26. The second-order valence-electron chi connectivity index (χ2n) is 5.87. The molecule has 130 valence electrons. The third kappa shape index (κ3) is 4.51. The molecule has 0 saturated carbocycles. The lowest BCUT2D eigenvalue weighted by Crippen LogP contribution is -2.23. The second-order valence-corrected chi connectivity index (χ2v) is 8.83. The fourth-order valence-corrected chi connectivity index (χ4v) is 4.83. The summed E-state index contributed by atoms with van der Waals surface area (Å²) < 4.78 is 0. The van der Waals surface area contributed by atoms with E-state index in [1.165, 1.54) is 5.56 Å². The van der Waals surface area contributed by atoms with Crippen LogP contribution in [0.1, 0.15) is 23.7 Å². The fourth-order valence-electron chi connectivity index (χ4n) is 2.41. The lowest BCUT2D eigenvalue weighted by atomic mass is 10.1. The quantitative estimate of drug-likeness (QED) is 0.585. The molecule has 0 bridgehead atoms. The molecule has 0 aliphatic carbocycles. The first-order valence-corrected chi connectivity index (χ1v) is 10.9. The van der Waals surface area contributed by atoms with Crippen molar-refractivity contribution in [2.24, 2.45) is 0 Å². The van der Waals surface area contributed by atoms with Crippen molar-refractivity contribution in [3.63, 3.8) is 0 Å². The summed E-state index contributed by atoms with van der Waals surface area (Å²) in [6.07, 6.45) is 0. The summed E-state index contributed by atoms with van der Waals surface area (Å²) in [5.74, 6) is 0.776. The van der Waals surface area contributed by atoms with E-state index in [1.54, 1.807) is 34.4 Å². The number of aryl methyl sites for hydroxylation is 2. The molecule has 0 aliphatic rings. The van der Waals surface area contributed by atoms with E-state index in [0.29, 0.717) is 0 Å². The number of rotatable bonds is 6. The summed E-state index contributed by atoms with van der Waals surface area (Å²) in [5, 5.41) is 10.2. The highest BCUT2D eigenvalue weighted by Gasteiger charge is 2.16. The van der Waals surface area contributed by atoms with Gasteiger partial charge in [-0.25, -0.2) is 4.98 Å². The van der Waals surface area contributed by atoms with Crippen molar-refractivity contribution in [3.05, 3.63) is 57.2 Å². The van der Waals surface area contributed by atoms with E-state index in [-0.39, 0.29) is 11.2 Å². The fraction of sp³-hybridized carbons (Fsp3) is 0.263. The van der Waals surface area contributed by atoms with Crippen LogP contribution in [0.4, 0.5) is 5.69 Å². The Morgan fingerprint density at radius 2 is 2.00 bits per heavy atom. The molecule has 3 aromatic rings. The maximum absolute atomic E-state index is 12.5. The SMILES string of the molecule is Cc1cccc(C)c1NC(=O)[C@@H](C)SCc1csc(-c2ccsc2)n1. The number of hydrogen-bond donors (Lipinski definition) is 1. The Morgan fingerprint density at radius 1 is 1.24 bits per heavy atom. The molecular formula is C19H20N2OS3. The smallest absolute Gasteiger partial charge is 0.237 e. The standard InChI is InChI=1S/C19H20N2OS3/c1-12-5-4-6-13(2)17(12)21-18(22)14(3)24-10-16-11-25-19(20-16)15-7-8-23-9-15/h4-9,11,14H,10H2,1-3H3,(H,21,22)/t14-/m1/s1. The molecule has 0 saturated heterocycles. The molecule has 0 fully saturated rings. The van der Waals surface area contributed by atoms with Crippen molar-refractivity contribution in [2.75, 3.05) is 5.32 Å². The van der Waals surface area contributed by atoms with Gasteiger partial charge < -0.3 is 5.32 Å². The number of nitrogens with zero attached hydrogens (tertiary/aromatic N) is 1. The Hall–Kier alpha value is -1.63. The average molecular weight is 389 g/mol. The van der Waals surface area contributed by atoms with E-state index in [0.717, 1.165) is 33.3 Å². The molecule has 0 aliphatic heterocycles. The summed E-state index contributed by atoms with van der Waals surface area (Å²) in [5.41, 5.74) is 5.30. The minimum absolute atomic E-state index is 0.0377. The number of nitrogens with one attached hydrogen (secondary N) is 1. The zero-order valence-corrected chi connectivity index (χ0v) is 16.9. The van der Waals surface area contributed by atoms with Crippen molar-refractivity contribution in [1.82, 2.24) is 4.98 Å². The van der Waals surface area contributed by atoms with Gasteiger partial charge in [-0.05, 0) is 43.3 Å². The predicted octanol–water partition coefficient (Wildman–Crippen LogP) is 5.75. The number of benzene rings is 1. The van der Waals surface area contributed by atoms with Crippen LogP contribution in [0.25, 0.3) is 10.6 Å². The maximum Gasteiger partial charge on any atom is 0.237 e. The molecular weight excluding hydrogens is 368 g/mol. The largest absolute Gasteiger partial charge is 0.325 e. The van der Waals surface area contributed by atoms with E-state index in [2.05, 4.69) is 32.5 Å². The highest BCUT2D eigenvalue weighted by Crippen LogP contribution is 2.28. The van der Waals surface area contributed by atoms with Crippen LogP contribution in [0.3, 0.4) is 0 Å². The number of thioether (sulfide) groups is 1. The van der Waals surface area contributed by atoms with Gasteiger partial charge in [0.2, 0.25) is 5.91 Å². The lowest BCUT2D eigenvalue weighted by Gasteiger charge is -2.15. The molecule has 0 unspecified atom stereocenters. The van der Waals surface area contributed by atoms with Crippen LogP contribution < -0.4 is 5.32 Å². The van der Waals surface area contributed by atoms with Crippen LogP contribution in [-0.2, 0) is 10.5 Å². The zero-order valence-electron chi connectivity index (χ0n) is 14.4. The molecule has 2 aromatic heterocycles. The maximum atomic E-state index is 12.5. The van der Waals surface area contributed by atoms with Crippen LogP contribution in [0.2, 0.25) is 0 Å². The van der Waals surface area contributed by atoms with E-state index in [9.17, 15) is 4.79 Å². The molecule has 1 amide bonds. The van der Waals surface area contributed by atoms with Gasteiger partial charge in [0.1, 0.15) is 5.01 Å². The minimum atomic E-state index is -0.134. The first-order chi connectivity index (χ1) is 12.0. The Kier molecular flexibility index (Phi) is 5.93. The second kappa shape index (κ2) is 8.17. The van der Waals surface area contributed by atoms with Crippen molar-refractivity contribution in [1.29, 1.82) is 0 Å². The minimum Gasteiger partial charge on any atom is -0.325 e. The summed E-state index contributed by atoms with van der Waals surface area (Å²) in [7, 11) is 0. The van der Waals surface area contributed by atoms with Crippen LogP contribution in [0.5, 0.6) is 0 Å². The monoisotopic (exact) mass is 388 g/mol. The number of aromatic nitrogens is 1. The summed E-state index contributed by atoms with van der Waals surface area (Å²) >= 11 is 4.95. The van der Waals surface area contributed by atoms with Crippen LogP contribution in [0.15, 0.2) is 40.4 Å². The molecule has 25 heavy (non-hydrogen) atoms. The van der Waals surface area contributed by atoms with Crippen LogP contribution >= 0.6 is 34.4 Å². The zero-order chi connectivity index (χ0) is 17.8. The molecule has 1 N–H and O–H groups in total. The van der Waals surface area contributed by atoms with E-state index in [4.69, 9.17) is 0 Å². The van der Waals surface area contributed by atoms with Gasteiger partial charge in [-0.3, -0.25) is 4.79 Å². The summed E-state index contributed by atoms with van der Waals surface area (Å²) in [6, 6.07) is 8.12. The number of amides is 1. The highest BCUT2D eigenvalue weighted by atomic mass is 32.2. The van der Waals surface area contributed by atoms with Crippen molar-refractivity contribution in [3.8, 4) is 10.6 Å². The Morgan fingerprint density at radius 3 is 2.68 bits per heavy atom. The molecule has 2 heterocycles. The predicted molar refractivity (Wildman–Crippen MR) is 111 cm³/mol. The molecule has 6 heteroatoms. The van der Waals surface area contributed by atoms with Gasteiger partial charge >= 0.3 is 0 Å². The Labute approximate surface area is 160 Å². The number of hydrogen-bond acceptors (Lipinski definition) is 5. The number of thiazole rings is 1. The molecule has 0 radical (unpaired) electrons. The Bertz CT molecular complexity index is 835. The number of thiophene rings is 1. The molecule has 3 rings (SSSR count). The first-order valence-electron chi connectivity index (χ1n) is 8.00. The van der Waals surface area contributed by atoms with Gasteiger partial charge in [-0.15, -0.1) is 23.1 Å². The number of carbonyl (C=O) groups excluding carboxylic acids is 1. The Balaban J connectivity index is 1.57. The van der Waals surface area contributed by atoms with Crippen LogP contribution in [-0.4, -0.2) is 16.1 Å². The van der Waals surface area contributed by atoms with E-state index < -0.39 is 0 Å². The van der Waals surface area contributed by atoms with Gasteiger partial charge in [-0.2, -0.15) is 11.3 Å². The van der Waals surface area contributed by atoms with Gasteiger partial charge in [-0.1, -0.05) is 18.2 Å². The highest BCUT2D eigenvalue weighted by molar-refractivity contribution is 7.99. The summed E-state index contributed by atoms with van der Waals surface area (Å²) in [4.78, 5) is 17.2. The van der Waals surface area contributed by atoms with Gasteiger partial charge in [0.05, 0.1) is 10.9 Å². The molecule has 1 atom stereocenters. The number of anilines is 1. The van der Waals surface area contributed by atoms with Crippen molar-refractivity contribution >= 4 is 46.0 Å². The number of para-hydroxylation sites is 1. The molecule has 0 spiro atoms. The first kappa shape index (κ1) is 18.2. The molecule has 3 nitrogen and oxygen atoms in total. The molecule has 1 aromatic carbocycles. The third-order valence-electron chi connectivity index (χ3n) is 3.90. The summed E-state index contributed by atoms with van der Waals surface area (Å²) in [6.45, 7) is 5.98. The van der Waals surface area contributed by atoms with Crippen molar-refractivity contribution < 1.29 is 4.79 Å². The van der Waals surface area contributed by atoms with E-state index >= 15 is 0 Å². The third-order valence-corrected chi connectivity index (χ3v) is 6.70. The van der Waals surface area contributed by atoms with Gasteiger partial charge in [0.15, 0.2) is 0 Å². The van der Waals surface area contributed by atoms with Gasteiger partial charge in [0.25, 0.3) is 0 Å². The van der Waals surface area contributed by atoms with E-state index in [1.807, 2.05) is 39.0 Å². The normalized spacial score (nSPS) is 12.1. The lowest BCUT2D eigenvalue weighted by molar-refractivity contribution is -0.115.